The molecule has 2 N–H and O–H groups in total. The van der Waals surface area contributed by atoms with Crippen LogP contribution in [0.3, 0.4) is 0 Å². The molecule has 1 aromatic carbocycles. The maximum atomic E-state index is 11.0. The number of hydrogen-bond donors (Lipinski definition) is 2. The van der Waals surface area contributed by atoms with Gasteiger partial charge in [-0.15, -0.1) is 12.8 Å². The van der Waals surface area contributed by atoms with Crippen LogP contribution in [0.5, 0.6) is 0 Å². The van der Waals surface area contributed by atoms with Crippen molar-refractivity contribution in [2.45, 2.75) is 97.8 Å². The maximum Gasteiger partial charge on any atom is 0.0617 e. The summed E-state index contributed by atoms with van der Waals surface area (Å²) in [5, 5.41) is 0. The molecule has 1 aliphatic heterocycles. The van der Waals surface area contributed by atoms with Gasteiger partial charge in [-0.2, -0.15) is 10.6 Å². The fourth-order valence-electron chi connectivity index (χ4n) is 3.96. The molecule has 30 heavy (non-hydrogen) atoms. The predicted octanol–water partition coefficient (Wildman–Crippen LogP) is 8.48. The lowest BCUT2D eigenvalue weighted by molar-refractivity contribution is 0.236. The Bertz CT molecular complexity index is 574. The first-order valence-corrected chi connectivity index (χ1v) is 13.4. The summed E-state index contributed by atoms with van der Waals surface area (Å²) < 4.78 is 22.0. The van der Waals surface area contributed by atoms with Crippen molar-refractivity contribution in [2.24, 2.45) is 5.41 Å². The summed E-state index contributed by atoms with van der Waals surface area (Å²) >= 11 is 0. The summed E-state index contributed by atoms with van der Waals surface area (Å²) in [4.78, 5) is 2.88. The Balaban J connectivity index is 0. The molecule has 0 unspecified atom stereocenters. The van der Waals surface area contributed by atoms with Crippen molar-refractivity contribution in [3.63, 3.8) is 0 Å². The first-order chi connectivity index (χ1) is 14.3. The first kappa shape index (κ1) is 31.0. The molecule has 0 aromatic heterocycles. The van der Waals surface area contributed by atoms with Gasteiger partial charge in [0.2, 0.25) is 0 Å². The molecule has 2 rings (SSSR count). The highest BCUT2D eigenvalue weighted by molar-refractivity contribution is 8.24. The SMILES string of the molecule is C#C.CC.CC.CCCCC1(CCCC)CCc2cc(N(C)C)ccc2S(O)(O)C1. The molecule has 0 radical (unpaired) electrons. The molecule has 1 aromatic rings. The Hall–Kier alpha value is -1.15. The number of fused-ring (bicyclic) bond motifs is 1. The maximum absolute atomic E-state index is 11.0. The molecule has 4 heteroatoms. The van der Waals surface area contributed by atoms with E-state index < -0.39 is 10.6 Å². The second-order valence-electron chi connectivity index (χ2n) is 7.70. The summed E-state index contributed by atoms with van der Waals surface area (Å²) in [7, 11) is 1.35. The number of terminal acetylenes is 1. The minimum absolute atomic E-state index is 0.0855. The molecular weight excluding hydrogens is 390 g/mol. The summed E-state index contributed by atoms with van der Waals surface area (Å²) in [5.74, 6) is 0.550. The number of nitrogens with zero attached hydrogens (tertiary/aromatic N) is 1. The highest BCUT2D eigenvalue weighted by atomic mass is 32.3. The summed E-state index contributed by atoms with van der Waals surface area (Å²) in [6.07, 6.45) is 17.0. The van der Waals surface area contributed by atoms with Crippen molar-refractivity contribution in [2.75, 3.05) is 24.7 Å². The average Bonchev–Trinajstić information content (AvgIpc) is 2.89. The quantitative estimate of drug-likeness (QED) is 0.419. The van der Waals surface area contributed by atoms with Crippen molar-refractivity contribution >= 4 is 16.3 Å². The summed E-state index contributed by atoms with van der Waals surface area (Å²) in [6.45, 7) is 12.4. The largest absolute Gasteiger partial charge is 0.378 e. The molecule has 1 aliphatic rings. The van der Waals surface area contributed by atoms with E-state index in [4.69, 9.17) is 0 Å². The minimum Gasteiger partial charge on any atom is -0.378 e. The third kappa shape index (κ3) is 9.33. The van der Waals surface area contributed by atoms with Crippen LogP contribution in [0, 0.1) is 18.3 Å². The summed E-state index contributed by atoms with van der Waals surface area (Å²) in [5.41, 5.74) is 2.36. The van der Waals surface area contributed by atoms with E-state index in [0.717, 1.165) is 41.8 Å². The van der Waals surface area contributed by atoms with Gasteiger partial charge in [0.05, 0.1) is 4.90 Å². The fourth-order valence-corrected chi connectivity index (χ4v) is 6.27. The van der Waals surface area contributed by atoms with Crippen molar-refractivity contribution in [1.82, 2.24) is 0 Å². The zero-order valence-electron chi connectivity index (χ0n) is 21.0. The van der Waals surface area contributed by atoms with Crippen molar-refractivity contribution < 1.29 is 9.11 Å². The highest BCUT2D eigenvalue weighted by Gasteiger charge is 2.38. The van der Waals surface area contributed by atoms with Crippen molar-refractivity contribution in [1.29, 1.82) is 0 Å². The molecule has 0 spiro atoms. The van der Waals surface area contributed by atoms with Crippen LogP contribution in [-0.4, -0.2) is 29.0 Å². The fraction of sp³-hybridized carbons (Fsp3) is 0.692. The van der Waals surface area contributed by atoms with E-state index in [1.807, 2.05) is 53.9 Å². The number of anilines is 1. The Kier molecular flexibility index (Phi) is 17.1. The van der Waals surface area contributed by atoms with Crippen LogP contribution in [0.2, 0.25) is 0 Å². The van der Waals surface area contributed by atoms with E-state index in [0.29, 0.717) is 5.75 Å². The van der Waals surface area contributed by atoms with Gasteiger partial charge in [-0.3, -0.25) is 9.11 Å². The number of benzene rings is 1. The molecule has 3 nitrogen and oxygen atoms in total. The molecule has 176 valence electrons. The normalized spacial score (nSPS) is 16.5. The van der Waals surface area contributed by atoms with Gasteiger partial charge in [0.1, 0.15) is 0 Å². The van der Waals surface area contributed by atoms with E-state index >= 15 is 0 Å². The molecule has 0 aliphatic carbocycles. The van der Waals surface area contributed by atoms with E-state index in [2.05, 4.69) is 37.7 Å². The molecule has 1 heterocycles. The standard InChI is InChI=1S/C20H35NO2S.2C2H6.C2H2/c1-5-7-12-20(13-8-6-2)14-11-17-15-18(21(3)4)9-10-19(17)24(22,23)16-20;3*1-2/h9-10,15,22-23H,5-8,11-14,16H2,1-4H3;2*1-2H3;1-2H. The monoisotopic (exact) mass is 439 g/mol. The Morgan fingerprint density at radius 1 is 0.967 bits per heavy atom. The third-order valence-electron chi connectivity index (χ3n) is 5.47. The molecule has 0 amide bonds. The number of aryl methyl sites for hydroxylation is 1. The zero-order valence-corrected chi connectivity index (χ0v) is 21.8. The number of unbranched alkanes of at least 4 members (excludes halogenated alkanes) is 2. The van der Waals surface area contributed by atoms with Gasteiger partial charge in [-0.25, -0.2) is 0 Å². The van der Waals surface area contributed by atoms with Gasteiger partial charge in [-0.05, 0) is 54.9 Å². The molecular formula is C26H49NO2S. The van der Waals surface area contributed by atoms with Gasteiger partial charge >= 0.3 is 0 Å². The minimum atomic E-state index is -2.71. The molecule has 0 bridgehead atoms. The smallest absolute Gasteiger partial charge is 0.0617 e. The van der Waals surface area contributed by atoms with Crippen LogP contribution in [0.15, 0.2) is 23.1 Å². The summed E-state index contributed by atoms with van der Waals surface area (Å²) in [6, 6.07) is 6.12. The lowest BCUT2D eigenvalue weighted by Crippen LogP contribution is -2.28. The van der Waals surface area contributed by atoms with Crippen LogP contribution >= 0.6 is 10.6 Å². The second-order valence-corrected chi connectivity index (χ2v) is 9.77. The lowest BCUT2D eigenvalue weighted by Gasteiger charge is -2.42. The van der Waals surface area contributed by atoms with Gasteiger partial charge in [0, 0.05) is 25.5 Å². The van der Waals surface area contributed by atoms with Crippen LogP contribution < -0.4 is 4.90 Å². The van der Waals surface area contributed by atoms with Gasteiger partial charge in [0.15, 0.2) is 0 Å². The Labute approximate surface area is 190 Å². The molecule has 0 saturated heterocycles. The Morgan fingerprint density at radius 3 is 1.90 bits per heavy atom. The van der Waals surface area contributed by atoms with E-state index in [-0.39, 0.29) is 5.41 Å². The first-order valence-electron chi connectivity index (χ1n) is 11.7. The van der Waals surface area contributed by atoms with E-state index in [1.165, 1.54) is 25.7 Å². The number of rotatable bonds is 7. The lowest BCUT2D eigenvalue weighted by atomic mass is 9.75. The average molecular weight is 440 g/mol. The molecule has 0 saturated carbocycles. The van der Waals surface area contributed by atoms with Crippen LogP contribution in [-0.2, 0) is 6.42 Å². The van der Waals surface area contributed by atoms with E-state index in [9.17, 15) is 9.11 Å². The Morgan fingerprint density at radius 2 is 1.47 bits per heavy atom. The third-order valence-corrected chi connectivity index (χ3v) is 7.58. The molecule has 0 fully saturated rings. The van der Waals surface area contributed by atoms with Gasteiger partial charge in [-0.1, -0.05) is 67.2 Å². The van der Waals surface area contributed by atoms with E-state index in [1.54, 1.807) is 0 Å². The van der Waals surface area contributed by atoms with Crippen molar-refractivity contribution in [3.05, 3.63) is 23.8 Å². The number of hydrogen-bond acceptors (Lipinski definition) is 3. The second kappa shape index (κ2) is 16.5. The molecule has 0 atom stereocenters. The van der Waals surface area contributed by atoms with Crippen molar-refractivity contribution in [3.8, 4) is 12.8 Å². The van der Waals surface area contributed by atoms with Gasteiger partial charge in [0.25, 0.3) is 0 Å². The van der Waals surface area contributed by atoms with Gasteiger partial charge < -0.3 is 4.90 Å². The highest BCUT2D eigenvalue weighted by Crippen LogP contribution is 2.59. The van der Waals surface area contributed by atoms with Crippen LogP contribution in [0.1, 0.15) is 92.1 Å². The predicted molar refractivity (Wildman–Crippen MR) is 139 cm³/mol. The zero-order chi connectivity index (χ0) is 23.8. The van der Waals surface area contributed by atoms with Crippen LogP contribution in [0.25, 0.3) is 0 Å². The topological polar surface area (TPSA) is 43.7 Å². The van der Waals surface area contributed by atoms with Crippen LogP contribution in [0.4, 0.5) is 5.69 Å².